The van der Waals surface area contributed by atoms with E-state index in [0.717, 1.165) is 11.8 Å². The standard InChI is InChI=1S/C16H17FN6O5S2/c17-8-3-1-2-4-11(8)29-16-13-14(18)20-7-21-15(13)23(22-16)12-5-9(24)10(28-12)6-27-30(19,25)26/h1-4,7,9-10,12,24H,5-6H2,(H2,18,20,21)(H2,19,25,26)/t9-,10+,12+/m0/s1. The van der Waals surface area contributed by atoms with E-state index in [2.05, 4.69) is 19.2 Å². The van der Waals surface area contributed by atoms with Crippen LogP contribution >= 0.6 is 11.8 Å². The molecule has 4 rings (SSSR count). The Bertz CT molecular complexity index is 1190. The Morgan fingerprint density at radius 2 is 2.13 bits per heavy atom. The lowest BCUT2D eigenvalue weighted by Crippen LogP contribution is -2.30. The van der Waals surface area contributed by atoms with Gasteiger partial charge in [-0.25, -0.2) is 24.2 Å². The van der Waals surface area contributed by atoms with Gasteiger partial charge in [0.25, 0.3) is 0 Å². The van der Waals surface area contributed by atoms with Crippen molar-refractivity contribution in [2.45, 2.75) is 34.8 Å². The zero-order valence-electron chi connectivity index (χ0n) is 15.3. The van der Waals surface area contributed by atoms with Gasteiger partial charge in [0.2, 0.25) is 0 Å². The van der Waals surface area contributed by atoms with Gasteiger partial charge in [0.05, 0.1) is 18.1 Å². The fraction of sp³-hybridized carbons (Fsp3) is 0.312. The van der Waals surface area contributed by atoms with Crippen LogP contribution in [0.3, 0.4) is 0 Å². The molecular weight excluding hydrogens is 439 g/mol. The van der Waals surface area contributed by atoms with Gasteiger partial charge in [0, 0.05) is 11.3 Å². The summed E-state index contributed by atoms with van der Waals surface area (Å²) in [5, 5.41) is 20.3. The van der Waals surface area contributed by atoms with E-state index >= 15 is 0 Å². The van der Waals surface area contributed by atoms with Crippen LogP contribution in [0.1, 0.15) is 12.6 Å². The monoisotopic (exact) mass is 456 g/mol. The molecule has 0 spiro atoms. The van der Waals surface area contributed by atoms with E-state index in [1.165, 1.54) is 17.1 Å². The lowest BCUT2D eigenvalue weighted by atomic mass is 10.2. The number of anilines is 1. The second-order valence-electron chi connectivity index (χ2n) is 6.45. The van der Waals surface area contributed by atoms with Gasteiger partial charge in [-0.2, -0.15) is 13.5 Å². The van der Waals surface area contributed by atoms with Crippen LogP contribution in [0.4, 0.5) is 10.2 Å². The Morgan fingerprint density at radius 3 is 2.87 bits per heavy atom. The van der Waals surface area contributed by atoms with E-state index in [0.29, 0.717) is 21.0 Å². The van der Waals surface area contributed by atoms with Gasteiger partial charge in [0.1, 0.15) is 29.1 Å². The Balaban J connectivity index is 1.67. The number of hydrogen-bond donors (Lipinski definition) is 3. The highest BCUT2D eigenvalue weighted by atomic mass is 32.2. The molecule has 0 aliphatic carbocycles. The van der Waals surface area contributed by atoms with Gasteiger partial charge in [-0.05, 0) is 12.1 Å². The summed E-state index contributed by atoms with van der Waals surface area (Å²) in [6.07, 6.45) is -1.43. The van der Waals surface area contributed by atoms with Crippen LogP contribution in [0.15, 0.2) is 40.5 Å². The van der Waals surface area contributed by atoms with Gasteiger partial charge in [-0.1, -0.05) is 23.9 Å². The first-order valence-electron chi connectivity index (χ1n) is 8.64. The predicted octanol–water partition coefficient (Wildman–Crippen LogP) is 0.567. The lowest BCUT2D eigenvalue weighted by Gasteiger charge is -2.14. The second kappa shape index (κ2) is 8.05. The van der Waals surface area contributed by atoms with Crippen molar-refractivity contribution in [1.29, 1.82) is 0 Å². The maximum Gasteiger partial charge on any atom is 0.333 e. The molecule has 0 saturated carbocycles. The minimum Gasteiger partial charge on any atom is -0.390 e. The van der Waals surface area contributed by atoms with Crippen LogP contribution in [-0.4, -0.2) is 52.1 Å². The fourth-order valence-corrected chi connectivity index (χ4v) is 4.31. The number of fused-ring (bicyclic) bond motifs is 1. The van der Waals surface area contributed by atoms with Crippen molar-refractivity contribution < 1.29 is 26.8 Å². The molecule has 160 valence electrons. The van der Waals surface area contributed by atoms with Crippen LogP contribution < -0.4 is 10.9 Å². The number of hydrogen-bond acceptors (Lipinski definition) is 10. The minimum absolute atomic E-state index is 0.0864. The summed E-state index contributed by atoms with van der Waals surface area (Å²) in [7, 11) is -4.18. The Hall–Kier alpha value is -2.36. The molecule has 5 N–H and O–H groups in total. The first-order chi connectivity index (χ1) is 14.2. The molecule has 3 aromatic rings. The van der Waals surface area contributed by atoms with Crippen LogP contribution in [-0.2, 0) is 19.2 Å². The minimum atomic E-state index is -4.18. The van der Waals surface area contributed by atoms with Gasteiger partial charge in [-0.15, -0.1) is 0 Å². The third-order valence-corrected chi connectivity index (χ3v) is 5.90. The number of ether oxygens (including phenoxy) is 1. The number of aliphatic hydroxyl groups excluding tert-OH is 1. The van der Waals surface area contributed by atoms with Gasteiger partial charge < -0.3 is 15.6 Å². The fourth-order valence-electron chi connectivity index (χ4n) is 3.04. The molecule has 0 unspecified atom stereocenters. The van der Waals surface area contributed by atoms with E-state index in [4.69, 9.17) is 15.6 Å². The zero-order chi connectivity index (χ0) is 21.5. The van der Waals surface area contributed by atoms with Crippen molar-refractivity contribution in [3.8, 4) is 0 Å². The molecule has 30 heavy (non-hydrogen) atoms. The maximum absolute atomic E-state index is 14.1. The Kier molecular flexibility index (Phi) is 5.61. The molecule has 0 bridgehead atoms. The van der Waals surface area contributed by atoms with Crippen molar-refractivity contribution in [2.75, 3.05) is 12.3 Å². The third kappa shape index (κ3) is 4.23. The number of rotatable bonds is 6. The van der Waals surface area contributed by atoms with Crippen molar-refractivity contribution >= 4 is 38.9 Å². The average molecular weight is 456 g/mol. The van der Waals surface area contributed by atoms with Crippen molar-refractivity contribution in [2.24, 2.45) is 5.14 Å². The third-order valence-electron chi connectivity index (χ3n) is 4.40. The van der Waals surface area contributed by atoms with Gasteiger partial charge in [-0.3, -0.25) is 4.18 Å². The van der Waals surface area contributed by atoms with E-state index < -0.39 is 41.2 Å². The number of halogens is 1. The number of benzene rings is 1. The first-order valence-corrected chi connectivity index (χ1v) is 10.9. The molecule has 2 aromatic heterocycles. The lowest BCUT2D eigenvalue weighted by molar-refractivity contribution is -0.0415. The summed E-state index contributed by atoms with van der Waals surface area (Å²) in [4.78, 5) is 8.51. The number of aromatic nitrogens is 4. The highest BCUT2D eigenvalue weighted by molar-refractivity contribution is 7.99. The summed E-state index contributed by atoms with van der Waals surface area (Å²) in [6.45, 7) is -0.455. The summed E-state index contributed by atoms with van der Waals surface area (Å²) >= 11 is 1.05. The number of nitrogens with two attached hydrogens (primary N) is 2. The van der Waals surface area contributed by atoms with E-state index in [1.807, 2.05) is 0 Å². The molecule has 1 aliphatic rings. The molecule has 0 radical (unpaired) electrons. The smallest absolute Gasteiger partial charge is 0.333 e. The molecule has 1 aliphatic heterocycles. The molecule has 1 fully saturated rings. The zero-order valence-corrected chi connectivity index (χ0v) is 16.9. The van der Waals surface area contributed by atoms with Gasteiger partial charge >= 0.3 is 10.3 Å². The van der Waals surface area contributed by atoms with Crippen molar-refractivity contribution in [3.05, 3.63) is 36.4 Å². The molecule has 0 amide bonds. The molecular formula is C16H17FN6O5S2. The van der Waals surface area contributed by atoms with E-state index in [-0.39, 0.29) is 12.2 Å². The normalized spacial score (nSPS) is 22.0. The largest absolute Gasteiger partial charge is 0.390 e. The molecule has 1 saturated heterocycles. The number of aliphatic hydroxyl groups is 1. The highest BCUT2D eigenvalue weighted by Gasteiger charge is 2.38. The van der Waals surface area contributed by atoms with Crippen LogP contribution in [0.5, 0.6) is 0 Å². The Labute approximate surface area is 174 Å². The quantitative estimate of drug-likeness (QED) is 0.476. The summed E-state index contributed by atoms with van der Waals surface area (Å²) < 4.78 is 47.7. The van der Waals surface area contributed by atoms with E-state index in [1.54, 1.807) is 18.2 Å². The Morgan fingerprint density at radius 1 is 1.37 bits per heavy atom. The first kappa shape index (κ1) is 20.9. The maximum atomic E-state index is 14.1. The highest BCUT2D eigenvalue weighted by Crippen LogP contribution is 2.38. The summed E-state index contributed by atoms with van der Waals surface area (Å²) in [5.74, 6) is -0.272. The summed E-state index contributed by atoms with van der Waals surface area (Å²) in [5.41, 5.74) is 6.33. The molecule has 3 heterocycles. The van der Waals surface area contributed by atoms with Crippen LogP contribution in [0.25, 0.3) is 11.0 Å². The van der Waals surface area contributed by atoms with E-state index in [9.17, 15) is 17.9 Å². The molecule has 3 atom stereocenters. The second-order valence-corrected chi connectivity index (χ2v) is 8.70. The topological polar surface area (TPSA) is 168 Å². The van der Waals surface area contributed by atoms with Gasteiger partial charge in [0.15, 0.2) is 11.9 Å². The molecule has 14 heteroatoms. The van der Waals surface area contributed by atoms with Crippen LogP contribution in [0.2, 0.25) is 0 Å². The number of nitrogens with zero attached hydrogens (tertiary/aromatic N) is 4. The molecule has 1 aromatic carbocycles. The van der Waals surface area contributed by atoms with Crippen LogP contribution in [0, 0.1) is 5.82 Å². The molecule has 11 nitrogen and oxygen atoms in total. The average Bonchev–Trinajstić information content (AvgIpc) is 3.23. The van der Waals surface area contributed by atoms with Crippen molar-refractivity contribution in [1.82, 2.24) is 19.7 Å². The summed E-state index contributed by atoms with van der Waals surface area (Å²) in [6, 6.07) is 6.19. The number of nitrogen functional groups attached to an aromatic ring is 1. The SMILES string of the molecule is Nc1ncnc2c1c(Sc1ccccc1F)nn2[C@H]1C[C@H](O)[C@@H](COS(N)(=O)=O)O1. The van der Waals surface area contributed by atoms with Crippen molar-refractivity contribution in [3.63, 3.8) is 0 Å². The predicted molar refractivity (Wildman–Crippen MR) is 104 cm³/mol.